The van der Waals surface area contributed by atoms with Gasteiger partial charge < -0.3 is 23.4 Å². The molecule has 214 valence electrons. The van der Waals surface area contributed by atoms with Crippen LogP contribution in [-0.2, 0) is 14.3 Å². The number of fused-ring (bicyclic) bond motifs is 1. The van der Waals surface area contributed by atoms with Gasteiger partial charge >= 0.3 is 0 Å². The molecule has 42 heavy (non-hydrogen) atoms. The predicted octanol–water partition coefficient (Wildman–Crippen LogP) is 6.05. The van der Waals surface area contributed by atoms with Crippen molar-refractivity contribution < 1.29 is 33.0 Å². The highest BCUT2D eigenvalue weighted by Crippen LogP contribution is 2.31. The summed E-state index contributed by atoms with van der Waals surface area (Å²) in [6, 6.07) is 21.3. The zero-order chi connectivity index (χ0) is 30.2. The second-order valence-corrected chi connectivity index (χ2v) is 9.10. The second kappa shape index (κ2) is 13.3. The Bertz CT molecular complexity index is 1740. The minimum Gasteiger partial charge on any atom is -0.497 e. The molecule has 0 bridgehead atoms. The molecule has 0 saturated carbocycles. The monoisotopic (exact) mass is 566 g/mol. The quantitative estimate of drug-likeness (QED) is 0.188. The summed E-state index contributed by atoms with van der Waals surface area (Å²) in [6.45, 7) is 3.77. The lowest BCUT2D eigenvalue weighted by atomic mass is 9.85. The van der Waals surface area contributed by atoms with Crippen molar-refractivity contribution in [1.29, 1.82) is 0 Å². The number of carbonyl (C=O) groups is 2. The number of rotatable bonds is 8. The van der Waals surface area contributed by atoms with Gasteiger partial charge in [-0.15, -0.1) is 6.58 Å². The Morgan fingerprint density at radius 1 is 0.714 bits per heavy atom. The van der Waals surface area contributed by atoms with Gasteiger partial charge in [0.25, 0.3) is 0 Å². The topological polar surface area (TPSA) is 101 Å². The fourth-order valence-electron chi connectivity index (χ4n) is 4.39. The largest absolute Gasteiger partial charge is 0.497 e. The normalized spacial score (nSPS) is 13.2. The van der Waals surface area contributed by atoms with Crippen LogP contribution in [0.25, 0.3) is 22.3 Å². The van der Waals surface area contributed by atoms with Crippen LogP contribution in [0.2, 0.25) is 0 Å². The summed E-state index contributed by atoms with van der Waals surface area (Å²) < 4.78 is 26.2. The third-order valence-electron chi connectivity index (χ3n) is 6.63. The van der Waals surface area contributed by atoms with Crippen LogP contribution >= 0.6 is 0 Å². The number of hydrogen-bond acceptors (Lipinski definition) is 8. The van der Waals surface area contributed by atoms with E-state index in [1.807, 2.05) is 36.4 Å². The summed E-state index contributed by atoms with van der Waals surface area (Å²) in [4.78, 5) is 36.2. The highest BCUT2D eigenvalue weighted by atomic mass is 16.5. The van der Waals surface area contributed by atoms with E-state index in [2.05, 4.69) is 6.58 Å². The van der Waals surface area contributed by atoms with E-state index in [0.29, 0.717) is 33.8 Å². The first-order chi connectivity index (χ1) is 20.3. The van der Waals surface area contributed by atoms with Crippen LogP contribution in [0.4, 0.5) is 0 Å². The smallest absolute Gasteiger partial charge is 0.220 e. The molecule has 0 aliphatic heterocycles. The molecule has 0 fully saturated rings. The molecule has 0 radical (unpaired) electrons. The Hall–Kier alpha value is -5.37. The zero-order valence-corrected chi connectivity index (χ0v) is 23.7. The Morgan fingerprint density at radius 3 is 2.02 bits per heavy atom. The van der Waals surface area contributed by atoms with Gasteiger partial charge in [-0.3, -0.25) is 14.4 Å². The molecule has 0 saturated heterocycles. The van der Waals surface area contributed by atoms with Crippen LogP contribution in [0.1, 0.15) is 11.5 Å². The van der Waals surface area contributed by atoms with E-state index >= 15 is 0 Å². The van der Waals surface area contributed by atoms with Crippen LogP contribution in [0, 0.1) is 0 Å². The SMILES string of the molecule is C=CC(C1=CC(=O)C(OC)=CC1=O)c1ccc(OC)cc1.COc1cccc(-c2cc(=O)c3ccc(OC)cc3o2)c1. The molecule has 5 rings (SSSR count). The van der Waals surface area contributed by atoms with Gasteiger partial charge in [-0.25, -0.2) is 0 Å². The molecule has 1 aromatic heterocycles. The van der Waals surface area contributed by atoms with Gasteiger partial charge in [-0.1, -0.05) is 30.3 Å². The lowest BCUT2D eigenvalue weighted by Gasteiger charge is -2.18. The molecular formula is C34H30O8. The molecule has 1 heterocycles. The van der Waals surface area contributed by atoms with Crippen molar-refractivity contribution >= 4 is 22.5 Å². The van der Waals surface area contributed by atoms with Crippen LogP contribution in [0.5, 0.6) is 17.2 Å². The average molecular weight is 567 g/mol. The molecule has 8 heteroatoms. The van der Waals surface area contributed by atoms with Crippen molar-refractivity contribution in [2.24, 2.45) is 0 Å². The summed E-state index contributed by atoms with van der Waals surface area (Å²) in [6.07, 6.45) is 4.18. The van der Waals surface area contributed by atoms with Crippen LogP contribution in [0.15, 0.2) is 118 Å². The summed E-state index contributed by atoms with van der Waals surface area (Å²) in [7, 11) is 6.12. The van der Waals surface area contributed by atoms with Crippen LogP contribution < -0.4 is 19.6 Å². The average Bonchev–Trinajstić information content (AvgIpc) is 3.03. The summed E-state index contributed by atoms with van der Waals surface area (Å²) in [5.41, 5.74) is 2.46. The highest BCUT2D eigenvalue weighted by Gasteiger charge is 2.26. The molecule has 1 atom stereocenters. The summed E-state index contributed by atoms with van der Waals surface area (Å²) in [5.74, 6) is 1.74. The molecule has 0 amide bonds. The fraction of sp³-hybridized carbons (Fsp3) is 0.147. The van der Waals surface area contributed by atoms with Crippen LogP contribution in [0.3, 0.4) is 0 Å². The highest BCUT2D eigenvalue weighted by molar-refractivity contribution is 6.19. The van der Waals surface area contributed by atoms with Gasteiger partial charge in [0.1, 0.15) is 28.6 Å². The Morgan fingerprint density at radius 2 is 1.38 bits per heavy atom. The lowest BCUT2D eigenvalue weighted by Crippen LogP contribution is -2.18. The van der Waals surface area contributed by atoms with E-state index in [1.54, 1.807) is 57.7 Å². The number of benzene rings is 3. The van der Waals surface area contributed by atoms with E-state index in [9.17, 15) is 14.4 Å². The maximum atomic E-state index is 12.2. The number of hydrogen-bond donors (Lipinski definition) is 0. The van der Waals surface area contributed by atoms with Gasteiger partial charge in [0, 0.05) is 35.3 Å². The molecule has 1 aliphatic rings. The molecule has 4 aromatic rings. The third-order valence-corrected chi connectivity index (χ3v) is 6.63. The number of ether oxygens (including phenoxy) is 4. The second-order valence-electron chi connectivity index (χ2n) is 9.10. The van der Waals surface area contributed by atoms with E-state index in [1.165, 1.54) is 25.3 Å². The van der Waals surface area contributed by atoms with Crippen molar-refractivity contribution in [3.63, 3.8) is 0 Å². The fourth-order valence-corrected chi connectivity index (χ4v) is 4.39. The minimum absolute atomic E-state index is 0.0568. The minimum atomic E-state index is -0.345. The van der Waals surface area contributed by atoms with Crippen molar-refractivity contribution in [1.82, 2.24) is 0 Å². The van der Waals surface area contributed by atoms with Crippen molar-refractivity contribution in [3.8, 4) is 28.6 Å². The first-order valence-electron chi connectivity index (χ1n) is 12.9. The molecular weight excluding hydrogens is 536 g/mol. The Labute approximate surface area is 243 Å². The number of carbonyl (C=O) groups excluding carboxylic acids is 2. The van der Waals surface area contributed by atoms with E-state index < -0.39 is 0 Å². The first kappa shape index (κ1) is 29.6. The van der Waals surface area contributed by atoms with Gasteiger partial charge in [0.15, 0.2) is 17.0 Å². The maximum absolute atomic E-state index is 12.2. The van der Waals surface area contributed by atoms with Crippen molar-refractivity contribution in [2.45, 2.75) is 5.92 Å². The molecule has 3 aromatic carbocycles. The lowest BCUT2D eigenvalue weighted by molar-refractivity contribution is -0.117. The van der Waals surface area contributed by atoms with Crippen molar-refractivity contribution in [2.75, 3.05) is 28.4 Å². The zero-order valence-electron chi connectivity index (χ0n) is 23.7. The number of methoxy groups -OCH3 is 4. The van der Waals surface area contributed by atoms with E-state index in [-0.39, 0.29) is 28.7 Å². The Balaban J connectivity index is 0.000000193. The van der Waals surface area contributed by atoms with Gasteiger partial charge in [-0.05, 0) is 48.0 Å². The van der Waals surface area contributed by atoms with E-state index in [4.69, 9.17) is 23.4 Å². The predicted molar refractivity (Wildman–Crippen MR) is 160 cm³/mol. The van der Waals surface area contributed by atoms with Crippen molar-refractivity contribution in [3.05, 3.63) is 125 Å². The number of ketones is 2. The first-order valence-corrected chi connectivity index (χ1v) is 12.9. The maximum Gasteiger partial charge on any atom is 0.220 e. The molecule has 1 unspecified atom stereocenters. The standard InChI is InChI=1S/C17H14O4.C17H16O4/c1-19-12-5-3-4-11(8-12)16-10-15(18)14-7-6-13(20-2)9-17(14)21-16;1-4-13(11-5-7-12(20-2)8-6-11)14-9-16(19)17(21-3)10-15(14)18/h3-10H,1-2H3;4-10,13H,1H2,2-3H3. The summed E-state index contributed by atoms with van der Waals surface area (Å²) >= 11 is 0. The van der Waals surface area contributed by atoms with Gasteiger partial charge in [0.05, 0.1) is 33.8 Å². The van der Waals surface area contributed by atoms with E-state index in [0.717, 1.165) is 16.9 Å². The number of allylic oxidation sites excluding steroid dienone is 4. The molecule has 0 N–H and O–H groups in total. The van der Waals surface area contributed by atoms with Crippen LogP contribution in [-0.4, -0.2) is 40.0 Å². The van der Waals surface area contributed by atoms with Gasteiger partial charge in [-0.2, -0.15) is 0 Å². The van der Waals surface area contributed by atoms with Gasteiger partial charge in [0.2, 0.25) is 5.78 Å². The molecule has 1 aliphatic carbocycles. The summed E-state index contributed by atoms with van der Waals surface area (Å²) in [5, 5.41) is 0.530. The molecule has 0 spiro atoms. The molecule has 8 nitrogen and oxygen atoms in total. The Kier molecular flexibility index (Phi) is 9.39. The third kappa shape index (κ3) is 6.50.